The summed E-state index contributed by atoms with van der Waals surface area (Å²) in [7, 11) is 0. The first-order chi connectivity index (χ1) is 8.54. The van der Waals surface area contributed by atoms with Crippen molar-refractivity contribution in [2.45, 2.75) is 6.54 Å². The Bertz CT molecular complexity index is 588. The molecule has 0 saturated heterocycles. The number of hydrogen-bond acceptors (Lipinski definition) is 4. The van der Waals surface area contributed by atoms with Crippen LogP contribution in [0.5, 0.6) is 0 Å². The number of rotatable bonds is 4. The molecule has 0 spiro atoms. The van der Waals surface area contributed by atoms with Crippen LogP contribution in [-0.4, -0.2) is 4.92 Å². The van der Waals surface area contributed by atoms with Crippen molar-refractivity contribution in [3.05, 3.63) is 54.9 Å². The standard InChI is InChI=1S/C11H8BrFN2O2S/c12-11-2-1-10(18-11)6-14-8-3-7(13)4-9(5-8)15(16)17/h1-5,14H,6H2. The Morgan fingerprint density at radius 1 is 1.39 bits per heavy atom. The Morgan fingerprint density at radius 2 is 2.17 bits per heavy atom. The van der Waals surface area contributed by atoms with Gasteiger partial charge in [-0.15, -0.1) is 11.3 Å². The van der Waals surface area contributed by atoms with Gasteiger partial charge in [0.25, 0.3) is 5.69 Å². The molecule has 0 bridgehead atoms. The van der Waals surface area contributed by atoms with E-state index in [1.165, 1.54) is 12.1 Å². The zero-order valence-corrected chi connectivity index (χ0v) is 11.4. The van der Waals surface area contributed by atoms with Gasteiger partial charge >= 0.3 is 0 Å². The molecule has 0 fully saturated rings. The second-order valence-corrected chi connectivity index (χ2v) is 6.06. The van der Waals surface area contributed by atoms with Gasteiger partial charge in [0.1, 0.15) is 5.82 Å². The zero-order valence-electron chi connectivity index (χ0n) is 9.02. The topological polar surface area (TPSA) is 55.2 Å². The first-order valence-electron chi connectivity index (χ1n) is 4.97. The number of benzene rings is 1. The van der Waals surface area contributed by atoms with Gasteiger partial charge in [-0.25, -0.2) is 4.39 Å². The number of nitro benzene ring substituents is 1. The van der Waals surface area contributed by atoms with E-state index in [2.05, 4.69) is 21.2 Å². The van der Waals surface area contributed by atoms with Crippen LogP contribution in [0.4, 0.5) is 15.8 Å². The van der Waals surface area contributed by atoms with Crippen molar-refractivity contribution >= 4 is 38.6 Å². The summed E-state index contributed by atoms with van der Waals surface area (Å²) in [4.78, 5) is 11.0. The Hall–Kier alpha value is -1.47. The van der Waals surface area contributed by atoms with Gasteiger partial charge in [-0.05, 0) is 34.1 Å². The number of hydrogen-bond donors (Lipinski definition) is 1. The largest absolute Gasteiger partial charge is 0.380 e. The van der Waals surface area contributed by atoms with E-state index in [-0.39, 0.29) is 5.69 Å². The molecule has 0 aliphatic carbocycles. The van der Waals surface area contributed by atoms with Crippen LogP contribution in [0.2, 0.25) is 0 Å². The predicted octanol–water partition coefficient (Wildman–Crippen LogP) is 4.17. The normalized spacial score (nSPS) is 10.3. The van der Waals surface area contributed by atoms with Crippen LogP contribution in [0.25, 0.3) is 0 Å². The van der Waals surface area contributed by atoms with Gasteiger partial charge in [-0.3, -0.25) is 10.1 Å². The van der Waals surface area contributed by atoms with Gasteiger partial charge in [0.15, 0.2) is 0 Å². The third-order valence-electron chi connectivity index (χ3n) is 2.19. The second kappa shape index (κ2) is 5.45. The maximum absolute atomic E-state index is 13.2. The molecule has 0 atom stereocenters. The van der Waals surface area contributed by atoms with Crippen molar-refractivity contribution in [1.29, 1.82) is 0 Å². The average Bonchev–Trinajstić information content (AvgIpc) is 2.72. The molecule has 1 aromatic heterocycles. The highest BCUT2D eigenvalue weighted by atomic mass is 79.9. The number of non-ortho nitro benzene ring substituents is 1. The summed E-state index contributed by atoms with van der Waals surface area (Å²) < 4.78 is 14.2. The molecule has 7 heteroatoms. The van der Waals surface area contributed by atoms with E-state index in [1.54, 1.807) is 11.3 Å². The maximum Gasteiger partial charge on any atom is 0.274 e. The van der Waals surface area contributed by atoms with Gasteiger partial charge in [0, 0.05) is 23.2 Å². The zero-order chi connectivity index (χ0) is 13.1. The molecular weight excluding hydrogens is 323 g/mol. The molecule has 0 saturated carbocycles. The van der Waals surface area contributed by atoms with Crippen molar-refractivity contribution in [2.24, 2.45) is 0 Å². The molecule has 94 valence electrons. The smallest absolute Gasteiger partial charge is 0.274 e. The summed E-state index contributed by atoms with van der Waals surface area (Å²) in [6.45, 7) is 0.497. The monoisotopic (exact) mass is 330 g/mol. The van der Waals surface area contributed by atoms with Crippen LogP contribution in [0, 0.1) is 15.9 Å². The van der Waals surface area contributed by atoms with Crippen molar-refractivity contribution in [1.82, 2.24) is 0 Å². The van der Waals surface area contributed by atoms with Gasteiger partial charge < -0.3 is 5.32 Å². The summed E-state index contributed by atoms with van der Waals surface area (Å²) in [5.74, 6) is -0.626. The summed E-state index contributed by atoms with van der Waals surface area (Å²) in [5.41, 5.74) is 0.135. The molecule has 2 aromatic rings. The highest BCUT2D eigenvalue weighted by Gasteiger charge is 2.09. The molecule has 0 amide bonds. The minimum Gasteiger partial charge on any atom is -0.380 e. The van der Waals surface area contributed by atoms with E-state index in [1.807, 2.05) is 12.1 Å². The number of nitrogens with one attached hydrogen (secondary N) is 1. The van der Waals surface area contributed by atoms with E-state index in [0.717, 1.165) is 14.7 Å². The van der Waals surface area contributed by atoms with Crippen LogP contribution in [-0.2, 0) is 6.54 Å². The fourth-order valence-corrected chi connectivity index (χ4v) is 2.84. The van der Waals surface area contributed by atoms with Crippen LogP contribution < -0.4 is 5.32 Å². The molecule has 0 unspecified atom stereocenters. The third-order valence-corrected chi connectivity index (χ3v) is 3.81. The van der Waals surface area contributed by atoms with E-state index >= 15 is 0 Å². The van der Waals surface area contributed by atoms with E-state index in [0.29, 0.717) is 12.2 Å². The number of anilines is 1. The van der Waals surface area contributed by atoms with E-state index < -0.39 is 10.7 Å². The molecule has 0 aliphatic heterocycles. The van der Waals surface area contributed by atoms with Crippen LogP contribution in [0.15, 0.2) is 34.1 Å². The highest BCUT2D eigenvalue weighted by Crippen LogP contribution is 2.24. The summed E-state index contributed by atoms with van der Waals surface area (Å²) >= 11 is 4.89. The second-order valence-electron chi connectivity index (χ2n) is 3.51. The fourth-order valence-electron chi connectivity index (χ4n) is 1.42. The first kappa shape index (κ1) is 13.0. The van der Waals surface area contributed by atoms with Crippen molar-refractivity contribution < 1.29 is 9.31 Å². The first-order valence-corrected chi connectivity index (χ1v) is 6.58. The van der Waals surface area contributed by atoms with Gasteiger partial charge in [-0.1, -0.05) is 0 Å². The minimum absolute atomic E-state index is 0.259. The third kappa shape index (κ3) is 3.27. The number of nitro groups is 1. The minimum atomic E-state index is -0.626. The van der Waals surface area contributed by atoms with Gasteiger partial charge in [-0.2, -0.15) is 0 Å². The molecule has 1 N–H and O–H groups in total. The lowest BCUT2D eigenvalue weighted by molar-refractivity contribution is -0.385. The molecule has 0 aliphatic rings. The number of thiophene rings is 1. The summed E-state index contributed by atoms with van der Waals surface area (Å²) in [6.07, 6.45) is 0. The molecule has 2 rings (SSSR count). The van der Waals surface area contributed by atoms with E-state index in [9.17, 15) is 14.5 Å². The van der Waals surface area contributed by atoms with Crippen LogP contribution >= 0.6 is 27.3 Å². The molecular formula is C11H8BrFN2O2S. The maximum atomic E-state index is 13.2. The lowest BCUT2D eigenvalue weighted by Crippen LogP contribution is -1.99. The van der Waals surface area contributed by atoms with Gasteiger partial charge in [0.2, 0.25) is 0 Å². The summed E-state index contributed by atoms with van der Waals surface area (Å²) in [6, 6.07) is 7.28. The SMILES string of the molecule is O=[N+]([O-])c1cc(F)cc(NCc2ccc(Br)s2)c1. The van der Waals surface area contributed by atoms with Crippen LogP contribution in [0.1, 0.15) is 4.88 Å². The Morgan fingerprint density at radius 3 is 2.78 bits per heavy atom. The average molecular weight is 331 g/mol. The highest BCUT2D eigenvalue weighted by molar-refractivity contribution is 9.11. The Kier molecular flexibility index (Phi) is 3.93. The molecule has 1 aromatic carbocycles. The number of nitrogens with zero attached hydrogens (tertiary/aromatic N) is 1. The van der Waals surface area contributed by atoms with E-state index in [4.69, 9.17) is 0 Å². The number of halogens is 2. The molecule has 4 nitrogen and oxygen atoms in total. The Labute approximate surface area is 115 Å². The quantitative estimate of drug-likeness (QED) is 0.676. The van der Waals surface area contributed by atoms with Crippen LogP contribution in [0.3, 0.4) is 0 Å². The molecule has 0 radical (unpaired) electrons. The Balaban J connectivity index is 2.11. The summed E-state index contributed by atoms with van der Waals surface area (Å²) in [5, 5.41) is 13.5. The lowest BCUT2D eigenvalue weighted by atomic mass is 10.2. The van der Waals surface area contributed by atoms with Crippen molar-refractivity contribution in [2.75, 3.05) is 5.32 Å². The van der Waals surface area contributed by atoms with Gasteiger partial charge in [0.05, 0.1) is 14.8 Å². The lowest BCUT2D eigenvalue weighted by Gasteiger charge is -2.04. The molecule has 18 heavy (non-hydrogen) atoms. The fraction of sp³-hybridized carbons (Fsp3) is 0.0909. The molecule has 1 heterocycles. The van der Waals surface area contributed by atoms with Crippen molar-refractivity contribution in [3.8, 4) is 0 Å². The predicted molar refractivity (Wildman–Crippen MR) is 72.4 cm³/mol. The van der Waals surface area contributed by atoms with Crippen molar-refractivity contribution in [3.63, 3.8) is 0 Å².